The molecule has 0 bridgehead atoms. The molecule has 3 atom stereocenters. The van der Waals surface area contributed by atoms with Crippen LogP contribution in [0.2, 0.25) is 0 Å². The van der Waals surface area contributed by atoms with Gasteiger partial charge in [0, 0.05) is 12.5 Å². The summed E-state index contributed by atoms with van der Waals surface area (Å²) in [7, 11) is 0. The molecule has 0 aromatic heterocycles. The molecule has 8 heteroatoms. The van der Waals surface area contributed by atoms with Crippen LogP contribution in [0.3, 0.4) is 0 Å². The van der Waals surface area contributed by atoms with E-state index in [4.69, 9.17) is 9.47 Å². The van der Waals surface area contributed by atoms with Gasteiger partial charge in [0.2, 0.25) is 0 Å². The van der Waals surface area contributed by atoms with Crippen molar-refractivity contribution < 1.29 is 29.0 Å². The number of carbonyl (C=O) groups is 3. The Kier molecular flexibility index (Phi) is 7.12. The Morgan fingerprint density at radius 1 is 1.06 bits per heavy atom. The average molecular weight is 481 g/mol. The van der Waals surface area contributed by atoms with Crippen molar-refractivity contribution in [3.05, 3.63) is 59.7 Å². The molecule has 1 heterocycles. The zero-order chi connectivity index (χ0) is 25.2. The summed E-state index contributed by atoms with van der Waals surface area (Å²) < 4.78 is 11.1. The molecule has 1 saturated heterocycles. The van der Waals surface area contributed by atoms with Crippen LogP contribution in [-0.4, -0.2) is 54.5 Å². The second-order valence-electron chi connectivity index (χ2n) is 10.3. The number of carbonyl (C=O) groups excluding carboxylic acids is 2. The van der Waals surface area contributed by atoms with Crippen molar-refractivity contribution in [2.75, 3.05) is 13.2 Å². The normalized spacial score (nSPS) is 20.0. The van der Waals surface area contributed by atoms with Crippen LogP contribution in [0.15, 0.2) is 48.5 Å². The number of amides is 2. The van der Waals surface area contributed by atoms with E-state index in [0.717, 1.165) is 22.3 Å². The molecule has 0 radical (unpaired) electrons. The van der Waals surface area contributed by atoms with E-state index in [2.05, 4.69) is 22.8 Å². The molecule has 2 aromatic rings. The number of rotatable bonds is 7. The third-order valence-electron chi connectivity index (χ3n) is 6.43. The van der Waals surface area contributed by atoms with E-state index < -0.39 is 36.2 Å². The minimum atomic E-state index is -1.10. The van der Waals surface area contributed by atoms with E-state index in [1.54, 1.807) is 0 Å². The summed E-state index contributed by atoms with van der Waals surface area (Å²) in [6.07, 6.45) is -0.910. The Morgan fingerprint density at radius 3 is 2.23 bits per heavy atom. The Balaban J connectivity index is 1.36. The van der Waals surface area contributed by atoms with Gasteiger partial charge in [-0.15, -0.1) is 0 Å². The summed E-state index contributed by atoms with van der Waals surface area (Å²) in [6, 6.07) is 14.5. The molecule has 186 valence electrons. The fraction of sp³-hybridized carbons (Fsp3) is 0.444. The van der Waals surface area contributed by atoms with Gasteiger partial charge < -0.3 is 25.2 Å². The Bertz CT molecular complexity index is 1060. The molecule has 1 fully saturated rings. The molecular weight excluding hydrogens is 448 g/mol. The molecule has 4 rings (SSSR count). The topological polar surface area (TPSA) is 114 Å². The number of aliphatic carboxylic acids is 1. The lowest BCUT2D eigenvalue weighted by Gasteiger charge is -2.26. The summed E-state index contributed by atoms with van der Waals surface area (Å²) in [6.45, 7) is 6.16. The van der Waals surface area contributed by atoms with E-state index in [1.165, 1.54) is 0 Å². The highest BCUT2D eigenvalue weighted by molar-refractivity contribution is 5.87. The van der Waals surface area contributed by atoms with Gasteiger partial charge in [-0.3, -0.25) is 4.79 Å². The maximum atomic E-state index is 12.8. The minimum Gasteiger partial charge on any atom is -0.480 e. The zero-order valence-electron chi connectivity index (χ0n) is 20.2. The lowest BCUT2D eigenvalue weighted by Crippen LogP contribution is -2.52. The van der Waals surface area contributed by atoms with Crippen molar-refractivity contribution in [2.45, 2.75) is 57.7 Å². The standard InChI is InChI=1S/C27H32N2O6/c1-27(2,3)14-22(25(31)32)28-24(30)23-21(12-13-34-23)29-26(33)35-15-20-18-10-6-4-8-16(18)17-9-5-7-11-19(17)20/h4-11,20-23H,12-15H2,1-3H3,(H,28,30)(H,29,33)(H,31,32)/t21-,22?,23+/m0/s1. The smallest absolute Gasteiger partial charge is 0.407 e. The highest BCUT2D eigenvalue weighted by atomic mass is 16.6. The average Bonchev–Trinajstić information content (AvgIpc) is 3.39. The van der Waals surface area contributed by atoms with E-state index in [1.807, 2.05) is 57.2 Å². The van der Waals surface area contributed by atoms with Gasteiger partial charge >= 0.3 is 12.1 Å². The Morgan fingerprint density at radius 2 is 1.66 bits per heavy atom. The Labute approximate surface area is 205 Å². The fourth-order valence-electron chi connectivity index (χ4n) is 4.85. The van der Waals surface area contributed by atoms with Crippen molar-refractivity contribution >= 4 is 18.0 Å². The van der Waals surface area contributed by atoms with Crippen molar-refractivity contribution in [1.82, 2.24) is 10.6 Å². The van der Waals surface area contributed by atoms with Crippen LogP contribution in [0.5, 0.6) is 0 Å². The lowest BCUT2D eigenvalue weighted by atomic mass is 9.88. The summed E-state index contributed by atoms with van der Waals surface area (Å²) >= 11 is 0. The number of ether oxygens (including phenoxy) is 2. The molecule has 2 amide bonds. The first-order valence-corrected chi connectivity index (χ1v) is 11.9. The van der Waals surface area contributed by atoms with Gasteiger partial charge in [0.25, 0.3) is 5.91 Å². The molecule has 2 aromatic carbocycles. The number of alkyl carbamates (subject to hydrolysis) is 1. The van der Waals surface area contributed by atoms with Gasteiger partial charge in [-0.2, -0.15) is 0 Å². The number of hydrogen-bond acceptors (Lipinski definition) is 5. The summed E-state index contributed by atoms with van der Waals surface area (Å²) in [4.78, 5) is 37.1. The van der Waals surface area contributed by atoms with Crippen molar-refractivity contribution in [1.29, 1.82) is 0 Å². The highest BCUT2D eigenvalue weighted by Gasteiger charge is 2.38. The highest BCUT2D eigenvalue weighted by Crippen LogP contribution is 2.44. The summed E-state index contributed by atoms with van der Waals surface area (Å²) in [5, 5.41) is 14.8. The molecule has 1 aliphatic heterocycles. The van der Waals surface area contributed by atoms with E-state index in [-0.39, 0.29) is 31.0 Å². The zero-order valence-corrected chi connectivity index (χ0v) is 20.2. The number of carboxylic acids is 1. The largest absolute Gasteiger partial charge is 0.480 e. The van der Waals surface area contributed by atoms with Gasteiger partial charge in [0.1, 0.15) is 12.6 Å². The predicted molar refractivity (Wildman–Crippen MR) is 130 cm³/mol. The number of nitrogens with one attached hydrogen (secondary N) is 2. The van der Waals surface area contributed by atoms with E-state index in [0.29, 0.717) is 6.42 Å². The SMILES string of the molecule is CC(C)(C)CC(NC(=O)[C@@H]1OCC[C@@H]1NC(=O)OCC1c2ccccc2-c2ccccc21)C(=O)O. The second kappa shape index (κ2) is 10.1. The third kappa shape index (κ3) is 5.65. The van der Waals surface area contributed by atoms with Crippen LogP contribution in [0.4, 0.5) is 4.79 Å². The first-order chi connectivity index (χ1) is 16.6. The molecule has 2 aliphatic rings. The number of hydrogen-bond donors (Lipinski definition) is 3. The van der Waals surface area contributed by atoms with Crippen LogP contribution >= 0.6 is 0 Å². The molecule has 1 unspecified atom stereocenters. The molecule has 35 heavy (non-hydrogen) atoms. The lowest BCUT2D eigenvalue weighted by molar-refractivity contribution is -0.144. The van der Waals surface area contributed by atoms with Gasteiger partial charge in [-0.1, -0.05) is 69.3 Å². The number of carboxylic acid groups (broad SMARTS) is 1. The van der Waals surface area contributed by atoms with Crippen LogP contribution in [-0.2, 0) is 19.1 Å². The van der Waals surface area contributed by atoms with Crippen LogP contribution in [0.25, 0.3) is 11.1 Å². The maximum Gasteiger partial charge on any atom is 0.407 e. The van der Waals surface area contributed by atoms with Gasteiger partial charge in [0.15, 0.2) is 6.10 Å². The molecule has 3 N–H and O–H groups in total. The van der Waals surface area contributed by atoms with Crippen LogP contribution < -0.4 is 10.6 Å². The van der Waals surface area contributed by atoms with Gasteiger partial charge in [-0.05, 0) is 40.5 Å². The molecule has 8 nitrogen and oxygen atoms in total. The van der Waals surface area contributed by atoms with E-state index in [9.17, 15) is 19.5 Å². The quantitative estimate of drug-likeness (QED) is 0.557. The maximum absolute atomic E-state index is 12.8. The predicted octanol–water partition coefficient (Wildman–Crippen LogP) is 3.69. The second-order valence-corrected chi connectivity index (χ2v) is 10.3. The first-order valence-electron chi connectivity index (χ1n) is 11.9. The molecule has 0 saturated carbocycles. The van der Waals surface area contributed by atoms with Crippen molar-refractivity contribution in [3.63, 3.8) is 0 Å². The fourth-order valence-corrected chi connectivity index (χ4v) is 4.85. The summed E-state index contributed by atoms with van der Waals surface area (Å²) in [5.41, 5.74) is 4.22. The molecular formula is C27H32N2O6. The third-order valence-corrected chi connectivity index (χ3v) is 6.43. The van der Waals surface area contributed by atoms with Gasteiger partial charge in [0.05, 0.1) is 6.04 Å². The first kappa shape index (κ1) is 24.7. The van der Waals surface area contributed by atoms with Crippen molar-refractivity contribution in [2.24, 2.45) is 5.41 Å². The minimum absolute atomic E-state index is 0.0687. The molecule has 0 spiro atoms. The van der Waals surface area contributed by atoms with E-state index >= 15 is 0 Å². The monoisotopic (exact) mass is 480 g/mol. The van der Waals surface area contributed by atoms with Crippen LogP contribution in [0.1, 0.15) is 50.7 Å². The summed E-state index contributed by atoms with van der Waals surface area (Å²) in [5.74, 6) is -1.73. The van der Waals surface area contributed by atoms with Crippen LogP contribution in [0, 0.1) is 5.41 Å². The Hall–Kier alpha value is -3.39. The molecule has 1 aliphatic carbocycles. The number of fused-ring (bicyclic) bond motifs is 3. The number of benzene rings is 2. The van der Waals surface area contributed by atoms with Gasteiger partial charge in [-0.25, -0.2) is 9.59 Å². The van der Waals surface area contributed by atoms with Crippen molar-refractivity contribution in [3.8, 4) is 11.1 Å².